The number of aromatic nitrogens is 3. The summed E-state index contributed by atoms with van der Waals surface area (Å²) in [5.41, 5.74) is 3.28. The number of amides is 1. The average Bonchev–Trinajstić information content (AvgIpc) is 3.18. The molecule has 1 aliphatic heterocycles. The first kappa shape index (κ1) is 17.5. The highest BCUT2D eigenvalue weighted by Gasteiger charge is 2.16. The molecule has 2 aromatic rings. The molecule has 0 unspecified atom stereocenters. The van der Waals surface area contributed by atoms with Crippen molar-refractivity contribution in [2.45, 2.75) is 33.7 Å². The summed E-state index contributed by atoms with van der Waals surface area (Å²) >= 11 is 0. The molecule has 0 aromatic carbocycles. The van der Waals surface area contributed by atoms with Crippen LogP contribution in [0.5, 0.6) is 0 Å². The molecule has 3 rings (SSSR count). The Morgan fingerprint density at radius 3 is 2.68 bits per heavy atom. The van der Waals surface area contributed by atoms with Gasteiger partial charge in [0.05, 0.1) is 19.4 Å². The van der Waals surface area contributed by atoms with Crippen LogP contribution in [-0.4, -0.2) is 51.5 Å². The van der Waals surface area contributed by atoms with Crippen LogP contribution in [0.25, 0.3) is 11.9 Å². The van der Waals surface area contributed by atoms with E-state index in [9.17, 15) is 4.79 Å². The zero-order valence-electron chi connectivity index (χ0n) is 15.4. The van der Waals surface area contributed by atoms with E-state index >= 15 is 0 Å². The van der Waals surface area contributed by atoms with Gasteiger partial charge in [0.15, 0.2) is 0 Å². The molecule has 1 saturated heterocycles. The van der Waals surface area contributed by atoms with Gasteiger partial charge in [0.1, 0.15) is 5.82 Å². The molecule has 0 bridgehead atoms. The van der Waals surface area contributed by atoms with E-state index in [1.54, 1.807) is 6.08 Å². The number of morpholine rings is 1. The number of rotatable bonds is 4. The Morgan fingerprint density at radius 2 is 2.00 bits per heavy atom. The lowest BCUT2D eigenvalue weighted by atomic mass is 10.2. The molecule has 3 heterocycles. The van der Waals surface area contributed by atoms with Crippen molar-refractivity contribution in [2.75, 3.05) is 26.3 Å². The first-order valence-corrected chi connectivity index (χ1v) is 8.76. The molecule has 1 aliphatic rings. The van der Waals surface area contributed by atoms with Gasteiger partial charge in [0, 0.05) is 42.7 Å². The summed E-state index contributed by atoms with van der Waals surface area (Å²) in [5.74, 6) is 1.09. The predicted molar refractivity (Wildman–Crippen MR) is 97.8 cm³/mol. The highest BCUT2D eigenvalue weighted by molar-refractivity contribution is 5.92. The molecule has 6 heteroatoms. The maximum absolute atomic E-state index is 12.3. The molecule has 1 amide bonds. The van der Waals surface area contributed by atoms with Gasteiger partial charge < -0.3 is 14.2 Å². The number of carbonyl (C=O) groups is 1. The minimum Gasteiger partial charge on any atom is -0.378 e. The van der Waals surface area contributed by atoms with Crippen molar-refractivity contribution in [3.8, 4) is 5.82 Å². The lowest BCUT2D eigenvalue weighted by Gasteiger charge is -2.25. The van der Waals surface area contributed by atoms with Crippen LogP contribution >= 0.6 is 0 Å². The lowest BCUT2D eigenvalue weighted by molar-refractivity contribution is -0.129. The maximum atomic E-state index is 12.3. The fourth-order valence-electron chi connectivity index (χ4n) is 3.24. The smallest absolute Gasteiger partial charge is 0.246 e. The third-order valence-corrected chi connectivity index (χ3v) is 4.57. The number of hydrogen-bond acceptors (Lipinski definition) is 3. The van der Waals surface area contributed by atoms with E-state index in [-0.39, 0.29) is 11.9 Å². The van der Waals surface area contributed by atoms with Gasteiger partial charge in [-0.05, 0) is 45.4 Å². The highest BCUT2D eigenvalue weighted by atomic mass is 16.5. The highest BCUT2D eigenvalue weighted by Crippen LogP contribution is 2.23. The molecular weight excluding hydrogens is 316 g/mol. The second-order valence-corrected chi connectivity index (χ2v) is 6.66. The van der Waals surface area contributed by atoms with Crippen LogP contribution in [0.1, 0.15) is 36.8 Å². The molecule has 0 N–H and O–H groups in total. The van der Waals surface area contributed by atoms with Crippen LogP contribution in [0.2, 0.25) is 0 Å². The van der Waals surface area contributed by atoms with Crippen LogP contribution in [0.3, 0.4) is 0 Å². The molecule has 2 aromatic heterocycles. The van der Waals surface area contributed by atoms with Crippen molar-refractivity contribution in [3.05, 3.63) is 41.4 Å². The largest absolute Gasteiger partial charge is 0.378 e. The van der Waals surface area contributed by atoms with Gasteiger partial charge in [-0.2, -0.15) is 5.10 Å². The zero-order chi connectivity index (χ0) is 18.0. The predicted octanol–water partition coefficient (Wildman–Crippen LogP) is 2.74. The maximum Gasteiger partial charge on any atom is 0.246 e. The molecule has 25 heavy (non-hydrogen) atoms. The Balaban J connectivity index is 1.85. The summed E-state index contributed by atoms with van der Waals surface area (Å²) in [6, 6.07) is 4.41. The van der Waals surface area contributed by atoms with Crippen molar-refractivity contribution >= 4 is 12.0 Å². The van der Waals surface area contributed by atoms with E-state index in [4.69, 9.17) is 4.74 Å². The summed E-state index contributed by atoms with van der Waals surface area (Å²) in [6.07, 6.45) is 5.40. The Morgan fingerprint density at radius 1 is 1.28 bits per heavy atom. The van der Waals surface area contributed by atoms with Crippen molar-refractivity contribution in [2.24, 2.45) is 0 Å². The van der Waals surface area contributed by atoms with Crippen molar-refractivity contribution in [1.82, 2.24) is 19.2 Å². The topological polar surface area (TPSA) is 52.3 Å². The monoisotopic (exact) mass is 342 g/mol. The van der Waals surface area contributed by atoms with E-state index in [1.165, 1.54) is 0 Å². The Labute approximate surface area is 148 Å². The SMILES string of the molecule is Cc1cc(/C=C/C(=O)N2CCOCC2)c(C)n1-c1ccnn1C(C)C. The molecule has 0 spiro atoms. The fraction of sp³-hybridized carbons (Fsp3) is 0.474. The first-order valence-electron chi connectivity index (χ1n) is 8.76. The Hall–Kier alpha value is -2.34. The minimum atomic E-state index is 0.0420. The van der Waals surface area contributed by atoms with E-state index in [0.717, 1.165) is 22.8 Å². The normalized spacial score (nSPS) is 15.5. The number of hydrogen-bond donors (Lipinski definition) is 0. The molecule has 6 nitrogen and oxygen atoms in total. The molecule has 1 fully saturated rings. The van der Waals surface area contributed by atoms with Gasteiger partial charge in [0.25, 0.3) is 0 Å². The van der Waals surface area contributed by atoms with Gasteiger partial charge in [0.2, 0.25) is 5.91 Å². The van der Waals surface area contributed by atoms with Gasteiger partial charge in [-0.3, -0.25) is 4.79 Å². The van der Waals surface area contributed by atoms with Gasteiger partial charge >= 0.3 is 0 Å². The van der Waals surface area contributed by atoms with E-state index < -0.39 is 0 Å². The molecule has 0 atom stereocenters. The number of aryl methyl sites for hydroxylation is 1. The van der Waals surface area contributed by atoms with Crippen LogP contribution in [0.15, 0.2) is 24.4 Å². The van der Waals surface area contributed by atoms with Gasteiger partial charge in [-0.15, -0.1) is 0 Å². The van der Waals surface area contributed by atoms with Gasteiger partial charge in [-0.1, -0.05) is 0 Å². The Bertz CT molecular complexity index is 779. The molecular formula is C19H26N4O2. The van der Waals surface area contributed by atoms with Crippen molar-refractivity contribution in [3.63, 3.8) is 0 Å². The summed E-state index contributed by atoms with van der Waals surface area (Å²) in [5, 5.41) is 4.42. The van der Waals surface area contributed by atoms with Crippen LogP contribution in [0, 0.1) is 13.8 Å². The molecule has 0 radical (unpaired) electrons. The third-order valence-electron chi connectivity index (χ3n) is 4.57. The summed E-state index contributed by atoms with van der Waals surface area (Å²) in [7, 11) is 0. The van der Waals surface area contributed by atoms with Gasteiger partial charge in [-0.25, -0.2) is 4.68 Å². The van der Waals surface area contributed by atoms with E-state index in [2.05, 4.69) is 43.4 Å². The van der Waals surface area contributed by atoms with Crippen LogP contribution in [0.4, 0.5) is 0 Å². The average molecular weight is 342 g/mol. The molecule has 0 aliphatic carbocycles. The molecule has 0 saturated carbocycles. The van der Waals surface area contributed by atoms with Crippen LogP contribution < -0.4 is 0 Å². The standard InChI is InChI=1S/C19H26N4O2/c1-14(2)23-18(7-8-20-23)22-15(3)13-17(16(22)4)5-6-19(24)21-9-11-25-12-10-21/h5-8,13-14H,9-12H2,1-4H3/b6-5+. The third kappa shape index (κ3) is 3.54. The van der Waals surface area contributed by atoms with Crippen LogP contribution in [-0.2, 0) is 9.53 Å². The second kappa shape index (κ2) is 7.27. The Kier molecular flexibility index (Phi) is 5.08. The summed E-state index contributed by atoms with van der Waals surface area (Å²) < 4.78 is 9.49. The molecule has 134 valence electrons. The van der Waals surface area contributed by atoms with Crippen molar-refractivity contribution < 1.29 is 9.53 Å². The summed E-state index contributed by atoms with van der Waals surface area (Å²) in [6.45, 7) is 10.9. The number of carbonyl (C=O) groups excluding carboxylic acids is 1. The number of ether oxygens (including phenoxy) is 1. The second-order valence-electron chi connectivity index (χ2n) is 6.66. The van der Waals surface area contributed by atoms with Crippen molar-refractivity contribution in [1.29, 1.82) is 0 Å². The summed E-state index contributed by atoms with van der Waals surface area (Å²) in [4.78, 5) is 14.1. The fourth-order valence-corrected chi connectivity index (χ4v) is 3.24. The quantitative estimate of drug-likeness (QED) is 0.803. The zero-order valence-corrected chi connectivity index (χ0v) is 15.4. The first-order chi connectivity index (χ1) is 12.0. The number of nitrogens with zero attached hydrogens (tertiary/aromatic N) is 4. The minimum absolute atomic E-state index is 0.0420. The van der Waals surface area contributed by atoms with E-state index in [0.29, 0.717) is 26.3 Å². The lowest BCUT2D eigenvalue weighted by Crippen LogP contribution is -2.39. The van der Waals surface area contributed by atoms with E-state index in [1.807, 2.05) is 27.9 Å².